The summed E-state index contributed by atoms with van der Waals surface area (Å²) in [7, 11) is -3.24. The highest BCUT2D eigenvalue weighted by atomic mass is 32.2. The molecule has 0 saturated heterocycles. The maximum Gasteiger partial charge on any atom is 0.234 e. The molecule has 126 valence electrons. The minimum atomic E-state index is -3.24. The Kier molecular flexibility index (Phi) is 4.04. The number of aromatic nitrogens is 3. The standard InChI is InChI=1S/C17H20N4O2S/c1-11-5-6-14(8-16(11)24(4,22)23)18-9-15-10-19-17-20-12(2)7-13(3)21(15)17/h5-8,10,18H,9H2,1-4H3. The third-order valence-electron chi connectivity index (χ3n) is 3.92. The van der Waals surface area contributed by atoms with Crippen LogP contribution in [0.3, 0.4) is 0 Å². The van der Waals surface area contributed by atoms with Gasteiger partial charge in [-0.2, -0.15) is 0 Å². The normalized spacial score (nSPS) is 11.8. The molecule has 0 fully saturated rings. The van der Waals surface area contributed by atoms with Gasteiger partial charge in [-0.25, -0.2) is 18.4 Å². The summed E-state index contributed by atoms with van der Waals surface area (Å²) in [5.41, 5.74) is 4.47. The third kappa shape index (κ3) is 3.12. The maximum atomic E-state index is 11.8. The Balaban J connectivity index is 1.90. The number of fused-ring (bicyclic) bond motifs is 1. The Hall–Kier alpha value is -2.41. The maximum absolute atomic E-state index is 11.8. The van der Waals surface area contributed by atoms with Gasteiger partial charge in [-0.05, 0) is 44.5 Å². The van der Waals surface area contributed by atoms with Gasteiger partial charge in [0.2, 0.25) is 5.78 Å². The second-order valence-corrected chi connectivity index (χ2v) is 8.01. The van der Waals surface area contributed by atoms with Crippen LogP contribution in [0, 0.1) is 20.8 Å². The molecule has 0 saturated carbocycles. The lowest BCUT2D eigenvalue weighted by molar-refractivity contribution is 0.601. The molecule has 0 radical (unpaired) electrons. The van der Waals surface area contributed by atoms with Crippen LogP contribution in [-0.2, 0) is 16.4 Å². The Bertz CT molecular complexity index is 1020. The van der Waals surface area contributed by atoms with Crippen molar-refractivity contribution in [2.24, 2.45) is 0 Å². The van der Waals surface area contributed by atoms with Crippen molar-refractivity contribution in [3.8, 4) is 0 Å². The molecule has 6 nitrogen and oxygen atoms in total. The van der Waals surface area contributed by atoms with E-state index in [0.717, 1.165) is 28.3 Å². The number of aryl methyl sites for hydroxylation is 3. The molecule has 2 aromatic heterocycles. The number of rotatable bonds is 4. The van der Waals surface area contributed by atoms with Crippen molar-refractivity contribution < 1.29 is 8.42 Å². The number of hydrogen-bond acceptors (Lipinski definition) is 5. The molecule has 1 N–H and O–H groups in total. The SMILES string of the molecule is Cc1cc(C)n2c(CNc3ccc(C)c(S(C)(=O)=O)c3)cnc2n1. The fourth-order valence-electron chi connectivity index (χ4n) is 2.82. The summed E-state index contributed by atoms with van der Waals surface area (Å²) in [5.74, 6) is 0.671. The van der Waals surface area contributed by atoms with Gasteiger partial charge in [0.1, 0.15) is 0 Å². The second-order valence-electron chi connectivity index (χ2n) is 6.03. The van der Waals surface area contributed by atoms with Gasteiger partial charge in [0, 0.05) is 23.3 Å². The van der Waals surface area contributed by atoms with Gasteiger partial charge in [0.15, 0.2) is 9.84 Å². The van der Waals surface area contributed by atoms with Crippen LogP contribution in [0.2, 0.25) is 0 Å². The number of nitrogens with zero attached hydrogens (tertiary/aromatic N) is 3. The van der Waals surface area contributed by atoms with Crippen molar-refractivity contribution in [3.63, 3.8) is 0 Å². The summed E-state index contributed by atoms with van der Waals surface area (Å²) in [6.07, 6.45) is 3.01. The first kappa shape index (κ1) is 16.4. The summed E-state index contributed by atoms with van der Waals surface area (Å²) in [6, 6.07) is 7.36. The monoisotopic (exact) mass is 344 g/mol. The van der Waals surface area contributed by atoms with Gasteiger partial charge in [0.05, 0.1) is 23.3 Å². The first-order valence-electron chi connectivity index (χ1n) is 7.61. The molecule has 1 aromatic carbocycles. The Labute approximate surface area is 141 Å². The van der Waals surface area contributed by atoms with E-state index in [1.165, 1.54) is 6.26 Å². The van der Waals surface area contributed by atoms with Crippen molar-refractivity contribution in [3.05, 3.63) is 53.1 Å². The zero-order valence-corrected chi connectivity index (χ0v) is 15.0. The lowest BCUT2D eigenvalue weighted by atomic mass is 10.2. The molecule has 2 heterocycles. The number of nitrogens with one attached hydrogen (secondary N) is 1. The average Bonchev–Trinajstić information content (AvgIpc) is 2.88. The van der Waals surface area contributed by atoms with Crippen LogP contribution in [0.15, 0.2) is 35.4 Å². The van der Waals surface area contributed by atoms with E-state index in [-0.39, 0.29) is 0 Å². The molecule has 7 heteroatoms. The molecular weight excluding hydrogens is 324 g/mol. The van der Waals surface area contributed by atoms with Crippen LogP contribution in [0.1, 0.15) is 22.6 Å². The van der Waals surface area contributed by atoms with E-state index >= 15 is 0 Å². The summed E-state index contributed by atoms with van der Waals surface area (Å²) >= 11 is 0. The van der Waals surface area contributed by atoms with Crippen LogP contribution in [-0.4, -0.2) is 29.0 Å². The van der Waals surface area contributed by atoms with Crippen molar-refractivity contribution >= 4 is 21.3 Å². The van der Waals surface area contributed by atoms with Gasteiger partial charge >= 0.3 is 0 Å². The van der Waals surface area contributed by atoms with Crippen molar-refractivity contribution in [1.82, 2.24) is 14.4 Å². The summed E-state index contributed by atoms with van der Waals surface area (Å²) in [4.78, 5) is 9.10. The lowest BCUT2D eigenvalue weighted by Crippen LogP contribution is -2.07. The Morgan fingerprint density at radius 3 is 2.62 bits per heavy atom. The van der Waals surface area contributed by atoms with E-state index in [4.69, 9.17) is 0 Å². The molecule has 0 unspecified atom stereocenters. The molecule has 3 rings (SSSR count). The fraction of sp³-hybridized carbons (Fsp3) is 0.294. The van der Waals surface area contributed by atoms with Gasteiger partial charge < -0.3 is 5.32 Å². The van der Waals surface area contributed by atoms with E-state index in [0.29, 0.717) is 17.2 Å². The van der Waals surface area contributed by atoms with Gasteiger partial charge in [0.25, 0.3) is 0 Å². The zero-order chi connectivity index (χ0) is 17.5. The highest BCUT2D eigenvalue weighted by molar-refractivity contribution is 7.90. The molecule has 0 aliphatic rings. The van der Waals surface area contributed by atoms with E-state index < -0.39 is 9.84 Å². The smallest absolute Gasteiger partial charge is 0.234 e. The molecule has 0 spiro atoms. The number of imidazole rings is 1. The average molecular weight is 344 g/mol. The van der Waals surface area contributed by atoms with Crippen LogP contribution >= 0.6 is 0 Å². The fourth-order valence-corrected chi connectivity index (χ4v) is 3.82. The molecule has 3 aromatic rings. The van der Waals surface area contributed by atoms with Crippen LogP contribution in [0.4, 0.5) is 5.69 Å². The first-order valence-corrected chi connectivity index (χ1v) is 9.50. The van der Waals surface area contributed by atoms with Crippen molar-refractivity contribution in [1.29, 1.82) is 0 Å². The number of anilines is 1. The summed E-state index contributed by atoms with van der Waals surface area (Å²) in [6.45, 7) is 6.28. The molecule has 0 amide bonds. The van der Waals surface area contributed by atoms with Crippen molar-refractivity contribution in [2.45, 2.75) is 32.2 Å². The number of sulfone groups is 1. The van der Waals surface area contributed by atoms with E-state index in [1.807, 2.05) is 36.4 Å². The predicted molar refractivity (Wildman–Crippen MR) is 94.1 cm³/mol. The van der Waals surface area contributed by atoms with Crippen molar-refractivity contribution in [2.75, 3.05) is 11.6 Å². The minimum absolute atomic E-state index is 0.346. The highest BCUT2D eigenvalue weighted by Crippen LogP contribution is 2.21. The Morgan fingerprint density at radius 1 is 1.17 bits per heavy atom. The van der Waals surface area contributed by atoms with E-state index in [1.54, 1.807) is 19.2 Å². The third-order valence-corrected chi connectivity index (χ3v) is 5.16. The summed E-state index contributed by atoms with van der Waals surface area (Å²) < 4.78 is 25.7. The van der Waals surface area contributed by atoms with Gasteiger partial charge in [-0.1, -0.05) is 6.07 Å². The van der Waals surface area contributed by atoms with Crippen LogP contribution in [0.5, 0.6) is 0 Å². The minimum Gasteiger partial charge on any atom is -0.379 e. The van der Waals surface area contributed by atoms with E-state index in [9.17, 15) is 8.42 Å². The van der Waals surface area contributed by atoms with Crippen LogP contribution in [0.25, 0.3) is 5.78 Å². The topological polar surface area (TPSA) is 76.4 Å². The quantitative estimate of drug-likeness (QED) is 0.787. The molecule has 0 bridgehead atoms. The second kappa shape index (κ2) is 5.90. The molecule has 24 heavy (non-hydrogen) atoms. The number of hydrogen-bond donors (Lipinski definition) is 1. The predicted octanol–water partition coefficient (Wildman–Crippen LogP) is 2.67. The summed E-state index contributed by atoms with van der Waals surface area (Å²) in [5, 5.41) is 3.27. The molecule has 0 atom stereocenters. The largest absolute Gasteiger partial charge is 0.379 e. The van der Waals surface area contributed by atoms with Gasteiger partial charge in [-0.15, -0.1) is 0 Å². The first-order chi connectivity index (χ1) is 11.3. The molecule has 0 aliphatic carbocycles. The van der Waals surface area contributed by atoms with Gasteiger partial charge in [-0.3, -0.25) is 4.40 Å². The van der Waals surface area contributed by atoms with Crippen LogP contribution < -0.4 is 5.32 Å². The molecular formula is C17H20N4O2S. The highest BCUT2D eigenvalue weighted by Gasteiger charge is 2.12. The Morgan fingerprint density at radius 2 is 1.92 bits per heavy atom. The zero-order valence-electron chi connectivity index (χ0n) is 14.2. The number of benzene rings is 1. The molecule has 0 aliphatic heterocycles. The lowest BCUT2D eigenvalue weighted by Gasteiger charge is -2.11. The van der Waals surface area contributed by atoms with E-state index in [2.05, 4.69) is 15.3 Å².